The first-order valence-corrected chi connectivity index (χ1v) is 4.50. The highest BCUT2D eigenvalue weighted by Crippen LogP contribution is 2.33. The Hall–Kier alpha value is -1.21. The van der Waals surface area contributed by atoms with Crippen LogP contribution in [0.2, 0.25) is 5.02 Å². The molecule has 80 valence electrons. The van der Waals surface area contributed by atoms with E-state index in [1.54, 1.807) is 0 Å². The van der Waals surface area contributed by atoms with E-state index in [1.807, 2.05) is 6.07 Å². The molecule has 0 N–H and O–H groups in total. The Morgan fingerprint density at radius 2 is 2.00 bits per heavy atom. The van der Waals surface area contributed by atoms with Gasteiger partial charge >= 0.3 is 6.18 Å². The summed E-state index contributed by atoms with van der Waals surface area (Å²) in [4.78, 5) is 0. The lowest BCUT2D eigenvalue weighted by atomic mass is 10.00. The Labute approximate surface area is 90.1 Å². The largest absolute Gasteiger partial charge is 0.416 e. The van der Waals surface area contributed by atoms with Crippen LogP contribution in [-0.2, 0) is 6.18 Å². The molecule has 1 atom stereocenters. The third-order valence-electron chi connectivity index (χ3n) is 1.98. The fourth-order valence-electron chi connectivity index (χ4n) is 1.12. The molecule has 0 radical (unpaired) electrons. The second-order valence-corrected chi connectivity index (χ2v) is 3.49. The molecule has 1 aromatic rings. The number of hydrogen-bond donors (Lipinski definition) is 0. The van der Waals surface area contributed by atoms with Crippen LogP contribution in [0.25, 0.3) is 0 Å². The molecule has 0 saturated carbocycles. The summed E-state index contributed by atoms with van der Waals surface area (Å²) in [6, 6.07) is 4.82. The van der Waals surface area contributed by atoms with Crippen LogP contribution in [0, 0.1) is 11.3 Å². The van der Waals surface area contributed by atoms with Gasteiger partial charge in [-0.2, -0.15) is 18.4 Å². The number of benzene rings is 1. The van der Waals surface area contributed by atoms with Gasteiger partial charge in [0.05, 0.1) is 17.6 Å². The van der Waals surface area contributed by atoms with E-state index in [0.29, 0.717) is 0 Å². The Morgan fingerprint density at radius 3 is 2.47 bits per heavy atom. The molecule has 15 heavy (non-hydrogen) atoms. The van der Waals surface area contributed by atoms with Crippen LogP contribution < -0.4 is 0 Å². The van der Waals surface area contributed by atoms with Crippen LogP contribution in [-0.4, -0.2) is 0 Å². The zero-order valence-corrected chi connectivity index (χ0v) is 8.52. The van der Waals surface area contributed by atoms with Gasteiger partial charge in [0.25, 0.3) is 0 Å². The first-order valence-electron chi connectivity index (χ1n) is 4.12. The lowest BCUT2D eigenvalue weighted by molar-refractivity contribution is -0.137. The fraction of sp³-hybridized carbons (Fsp3) is 0.300. The zero-order chi connectivity index (χ0) is 11.6. The summed E-state index contributed by atoms with van der Waals surface area (Å²) in [6.45, 7) is 1.50. The zero-order valence-electron chi connectivity index (χ0n) is 7.77. The van der Waals surface area contributed by atoms with Crippen molar-refractivity contribution in [3.63, 3.8) is 0 Å². The van der Waals surface area contributed by atoms with Gasteiger partial charge < -0.3 is 0 Å². The van der Waals surface area contributed by atoms with Crippen molar-refractivity contribution in [3.05, 3.63) is 34.3 Å². The second kappa shape index (κ2) is 4.11. The third-order valence-corrected chi connectivity index (χ3v) is 2.33. The molecule has 0 aliphatic rings. The number of rotatable bonds is 1. The molecule has 0 aliphatic heterocycles. The summed E-state index contributed by atoms with van der Waals surface area (Å²) < 4.78 is 37.0. The van der Waals surface area contributed by atoms with Gasteiger partial charge in [-0.25, -0.2) is 0 Å². The van der Waals surface area contributed by atoms with Gasteiger partial charge in [0.15, 0.2) is 0 Å². The summed E-state index contributed by atoms with van der Waals surface area (Å²) in [5, 5.41) is 8.79. The quantitative estimate of drug-likeness (QED) is 0.720. The minimum absolute atomic E-state index is 0.178. The Bertz CT molecular complexity index is 406. The molecule has 0 aliphatic carbocycles. The maximum atomic E-state index is 12.3. The van der Waals surface area contributed by atoms with Gasteiger partial charge in [-0.05, 0) is 30.7 Å². The Balaban J connectivity index is 3.24. The highest BCUT2D eigenvalue weighted by molar-refractivity contribution is 6.31. The van der Waals surface area contributed by atoms with Crippen molar-refractivity contribution >= 4 is 11.6 Å². The minimum atomic E-state index is -4.41. The molecule has 1 nitrogen and oxygen atoms in total. The maximum absolute atomic E-state index is 12.3. The molecule has 0 aromatic heterocycles. The van der Waals surface area contributed by atoms with Gasteiger partial charge in [0.2, 0.25) is 0 Å². The van der Waals surface area contributed by atoms with E-state index in [0.717, 1.165) is 18.2 Å². The van der Waals surface area contributed by atoms with Gasteiger partial charge in [0, 0.05) is 5.02 Å². The van der Waals surface area contributed by atoms with E-state index >= 15 is 0 Å². The molecule has 0 spiro atoms. The molecular weight excluding hydrogens is 227 g/mol. The molecule has 0 saturated heterocycles. The average Bonchev–Trinajstić information content (AvgIpc) is 2.15. The van der Waals surface area contributed by atoms with Gasteiger partial charge in [-0.3, -0.25) is 0 Å². The van der Waals surface area contributed by atoms with E-state index in [1.165, 1.54) is 6.92 Å². The summed E-state index contributed by atoms with van der Waals surface area (Å²) >= 11 is 5.70. The first kappa shape index (κ1) is 11.9. The lowest BCUT2D eigenvalue weighted by Gasteiger charge is -2.11. The van der Waals surface area contributed by atoms with E-state index in [-0.39, 0.29) is 10.6 Å². The van der Waals surface area contributed by atoms with Crippen LogP contribution in [0.4, 0.5) is 13.2 Å². The smallest absolute Gasteiger partial charge is 0.198 e. The molecule has 1 rings (SSSR count). The summed E-state index contributed by atoms with van der Waals surface area (Å²) in [5.41, 5.74) is -0.585. The second-order valence-electron chi connectivity index (χ2n) is 3.08. The van der Waals surface area contributed by atoms with Gasteiger partial charge in [0.1, 0.15) is 0 Å². The lowest BCUT2D eigenvalue weighted by Crippen LogP contribution is -2.06. The predicted molar refractivity (Wildman–Crippen MR) is 50.5 cm³/mol. The van der Waals surface area contributed by atoms with E-state index in [2.05, 4.69) is 0 Å². The Kier molecular flexibility index (Phi) is 3.25. The number of nitriles is 1. The average molecular weight is 234 g/mol. The standard InChI is InChI=1S/C10H7ClF3N/c1-6(5-15)8-4-7(10(12,13)14)2-3-9(8)11/h2-4,6H,1H3. The van der Waals surface area contributed by atoms with E-state index in [9.17, 15) is 13.2 Å². The normalized spacial score (nSPS) is 13.3. The fourth-order valence-corrected chi connectivity index (χ4v) is 1.40. The number of alkyl halides is 3. The van der Waals surface area contributed by atoms with Gasteiger partial charge in [-0.1, -0.05) is 11.6 Å². The molecular formula is C10H7ClF3N. The van der Waals surface area contributed by atoms with Gasteiger partial charge in [-0.15, -0.1) is 0 Å². The number of halogens is 4. The van der Waals surface area contributed by atoms with Crippen molar-refractivity contribution in [1.29, 1.82) is 5.26 Å². The van der Waals surface area contributed by atoms with Crippen molar-refractivity contribution in [2.45, 2.75) is 19.0 Å². The summed E-state index contributed by atoms with van der Waals surface area (Å²) in [5.74, 6) is -0.653. The minimum Gasteiger partial charge on any atom is -0.198 e. The molecule has 0 bridgehead atoms. The SMILES string of the molecule is CC(C#N)c1cc(C(F)(F)F)ccc1Cl. The monoisotopic (exact) mass is 233 g/mol. The molecule has 5 heteroatoms. The van der Waals surface area contributed by atoms with Crippen LogP contribution in [0.3, 0.4) is 0 Å². The van der Waals surface area contributed by atoms with Crippen LogP contribution in [0.1, 0.15) is 24.0 Å². The number of nitrogens with zero attached hydrogens (tertiary/aromatic N) is 1. The maximum Gasteiger partial charge on any atom is 0.416 e. The summed E-state index contributed by atoms with van der Waals surface area (Å²) in [7, 11) is 0. The molecule has 0 heterocycles. The van der Waals surface area contributed by atoms with E-state index < -0.39 is 17.7 Å². The molecule has 0 fully saturated rings. The van der Waals surface area contributed by atoms with Crippen molar-refractivity contribution in [2.75, 3.05) is 0 Å². The van der Waals surface area contributed by atoms with Crippen molar-refractivity contribution in [3.8, 4) is 6.07 Å². The number of hydrogen-bond acceptors (Lipinski definition) is 1. The molecule has 1 aromatic carbocycles. The van der Waals surface area contributed by atoms with Crippen molar-refractivity contribution < 1.29 is 13.2 Å². The van der Waals surface area contributed by atoms with Crippen LogP contribution in [0.5, 0.6) is 0 Å². The first-order chi connectivity index (χ1) is 6.86. The summed E-state index contributed by atoms with van der Waals surface area (Å²) in [6.07, 6.45) is -4.41. The van der Waals surface area contributed by atoms with Crippen molar-refractivity contribution in [1.82, 2.24) is 0 Å². The van der Waals surface area contributed by atoms with Crippen LogP contribution >= 0.6 is 11.6 Å². The van der Waals surface area contributed by atoms with Crippen molar-refractivity contribution in [2.24, 2.45) is 0 Å². The van der Waals surface area contributed by atoms with Crippen LogP contribution in [0.15, 0.2) is 18.2 Å². The Morgan fingerprint density at radius 1 is 1.40 bits per heavy atom. The molecule has 1 unspecified atom stereocenters. The highest BCUT2D eigenvalue weighted by atomic mass is 35.5. The highest BCUT2D eigenvalue weighted by Gasteiger charge is 2.31. The van der Waals surface area contributed by atoms with E-state index in [4.69, 9.17) is 16.9 Å². The molecule has 0 amide bonds. The topological polar surface area (TPSA) is 23.8 Å². The third kappa shape index (κ3) is 2.63. The predicted octanol–water partition coefficient (Wildman–Crippen LogP) is 3.99.